The van der Waals surface area contributed by atoms with Gasteiger partial charge in [-0.25, -0.2) is 4.98 Å². The van der Waals surface area contributed by atoms with Crippen LogP contribution in [0.15, 0.2) is 42.5 Å². The molecule has 0 aliphatic rings. The highest BCUT2D eigenvalue weighted by Gasteiger charge is 2.08. The van der Waals surface area contributed by atoms with Crippen LogP contribution in [0.1, 0.15) is 25.7 Å². The molecule has 1 aromatic heterocycles. The predicted octanol–water partition coefficient (Wildman–Crippen LogP) is 4.83. The number of aromatic nitrogens is 1. The van der Waals surface area contributed by atoms with E-state index in [0.29, 0.717) is 13.0 Å². The van der Waals surface area contributed by atoms with Crippen molar-refractivity contribution in [3.63, 3.8) is 0 Å². The maximum absolute atomic E-state index is 12.1. The first-order chi connectivity index (χ1) is 14.6. The van der Waals surface area contributed by atoms with Crippen LogP contribution in [0.2, 0.25) is 0 Å². The number of amides is 2. The molecule has 0 aliphatic carbocycles. The highest BCUT2D eigenvalue weighted by Crippen LogP contribution is 2.32. The average molecular weight is 446 g/mol. The fourth-order valence-electron chi connectivity index (χ4n) is 2.94. The molecule has 2 amide bonds. The smallest absolute Gasteiger partial charge is 0.234 e. The van der Waals surface area contributed by atoms with E-state index in [1.807, 2.05) is 42.5 Å². The molecule has 2 N–H and O–H groups in total. The van der Waals surface area contributed by atoms with Crippen molar-refractivity contribution in [1.29, 1.82) is 0 Å². The van der Waals surface area contributed by atoms with Crippen LogP contribution < -0.4 is 15.4 Å². The third-order valence-corrected chi connectivity index (χ3v) is 5.85. The summed E-state index contributed by atoms with van der Waals surface area (Å²) in [5.41, 5.74) is 2.71. The topological polar surface area (TPSA) is 80.3 Å². The number of ether oxygens (including phenoxy) is 1. The summed E-state index contributed by atoms with van der Waals surface area (Å²) in [6, 6.07) is 13.5. The number of methoxy groups -OCH3 is 1. The number of fused-ring (bicyclic) bond motifs is 1. The summed E-state index contributed by atoms with van der Waals surface area (Å²) in [6.45, 7) is 0.590. The normalized spacial score (nSPS) is 10.7. The Morgan fingerprint density at radius 3 is 2.60 bits per heavy atom. The maximum Gasteiger partial charge on any atom is 0.234 e. The molecule has 0 fully saturated rings. The highest BCUT2D eigenvalue weighted by molar-refractivity contribution is 7.21. The molecule has 0 saturated heterocycles. The number of alkyl halides is 1. The second-order valence-corrected chi connectivity index (χ2v) is 8.07. The number of rotatable bonds is 10. The van der Waals surface area contributed by atoms with Gasteiger partial charge in [0, 0.05) is 24.2 Å². The third kappa shape index (κ3) is 6.18. The van der Waals surface area contributed by atoms with Crippen molar-refractivity contribution < 1.29 is 14.3 Å². The Labute approximate surface area is 184 Å². The number of hydrogen-bond acceptors (Lipinski definition) is 5. The second kappa shape index (κ2) is 10.9. The number of carbonyl (C=O) groups excluding carboxylic acids is 2. The molecular weight excluding hydrogens is 422 g/mol. The molecule has 0 spiro atoms. The zero-order valence-electron chi connectivity index (χ0n) is 16.7. The lowest BCUT2D eigenvalue weighted by Crippen LogP contribution is -2.25. The van der Waals surface area contributed by atoms with E-state index in [4.69, 9.17) is 16.3 Å². The van der Waals surface area contributed by atoms with Crippen LogP contribution in [0.5, 0.6) is 5.75 Å². The van der Waals surface area contributed by atoms with Gasteiger partial charge in [0.15, 0.2) is 0 Å². The van der Waals surface area contributed by atoms with Crippen molar-refractivity contribution in [2.24, 2.45) is 0 Å². The number of nitrogens with one attached hydrogen (secondary N) is 2. The fourth-order valence-corrected chi connectivity index (χ4v) is 4.03. The lowest BCUT2D eigenvalue weighted by atomic mass is 10.1. The van der Waals surface area contributed by atoms with E-state index in [-0.39, 0.29) is 17.7 Å². The Hall–Kier alpha value is -2.64. The van der Waals surface area contributed by atoms with Gasteiger partial charge in [-0.3, -0.25) is 9.59 Å². The summed E-state index contributed by atoms with van der Waals surface area (Å²) in [7, 11) is 1.65. The summed E-state index contributed by atoms with van der Waals surface area (Å²) in [4.78, 5) is 27.8. The average Bonchev–Trinajstić information content (AvgIpc) is 3.19. The van der Waals surface area contributed by atoms with Crippen LogP contribution >= 0.6 is 22.9 Å². The van der Waals surface area contributed by atoms with Crippen molar-refractivity contribution in [2.45, 2.75) is 25.7 Å². The Balaban J connectivity index is 1.47. The number of nitrogens with zero attached hydrogens (tertiary/aromatic N) is 1. The van der Waals surface area contributed by atoms with Crippen molar-refractivity contribution >= 4 is 50.7 Å². The molecule has 0 unspecified atom stereocenters. The Morgan fingerprint density at radius 2 is 1.87 bits per heavy atom. The Bertz CT molecular complexity index is 1000. The number of hydrogen-bond donors (Lipinski definition) is 2. The van der Waals surface area contributed by atoms with Gasteiger partial charge in [0.05, 0.1) is 17.3 Å². The van der Waals surface area contributed by atoms with Crippen LogP contribution in [0.3, 0.4) is 0 Å². The van der Waals surface area contributed by atoms with Crippen molar-refractivity contribution in [2.75, 3.05) is 24.9 Å². The van der Waals surface area contributed by atoms with Crippen LogP contribution in [-0.2, 0) is 9.59 Å². The van der Waals surface area contributed by atoms with Crippen LogP contribution in [-0.4, -0.2) is 36.3 Å². The molecule has 0 saturated carbocycles. The van der Waals surface area contributed by atoms with Gasteiger partial charge in [-0.1, -0.05) is 6.42 Å². The van der Waals surface area contributed by atoms with Gasteiger partial charge >= 0.3 is 0 Å². The molecule has 3 aromatic rings. The SMILES string of the molecule is COc1ccc2nc(-c3ccc(NC(=O)CCCCCNC(=O)CCl)cc3)sc2c1. The number of thiazole rings is 1. The first-order valence-corrected chi connectivity index (χ1v) is 11.1. The lowest BCUT2D eigenvalue weighted by molar-refractivity contribution is -0.119. The quantitative estimate of drug-likeness (QED) is 0.346. The molecule has 2 aromatic carbocycles. The molecule has 3 rings (SSSR count). The molecule has 30 heavy (non-hydrogen) atoms. The molecular formula is C22H24ClN3O3S. The molecule has 158 valence electrons. The molecule has 0 aliphatic heterocycles. The van der Waals surface area contributed by atoms with Gasteiger partial charge < -0.3 is 15.4 Å². The number of carbonyl (C=O) groups is 2. The third-order valence-electron chi connectivity index (χ3n) is 4.54. The summed E-state index contributed by atoms with van der Waals surface area (Å²) in [6.07, 6.45) is 2.93. The molecule has 6 nitrogen and oxygen atoms in total. The van der Waals surface area contributed by atoms with Gasteiger partial charge in [0.25, 0.3) is 0 Å². The Morgan fingerprint density at radius 1 is 1.07 bits per heavy atom. The van der Waals surface area contributed by atoms with Gasteiger partial charge in [0.1, 0.15) is 16.6 Å². The van der Waals surface area contributed by atoms with E-state index >= 15 is 0 Å². The molecule has 0 radical (unpaired) electrons. The molecule has 0 bridgehead atoms. The van der Waals surface area contributed by atoms with Crippen LogP contribution in [0, 0.1) is 0 Å². The monoisotopic (exact) mass is 445 g/mol. The van der Waals surface area contributed by atoms with E-state index in [1.54, 1.807) is 18.4 Å². The minimum absolute atomic E-state index is 0.0142. The van der Waals surface area contributed by atoms with Crippen molar-refractivity contribution in [3.05, 3.63) is 42.5 Å². The summed E-state index contributed by atoms with van der Waals surface area (Å²) < 4.78 is 6.34. The number of unbranched alkanes of at least 4 members (excludes halogenated alkanes) is 2. The van der Waals surface area contributed by atoms with Gasteiger partial charge in [0.2, 0.25) is 11.8 Å². The first kappa shape index (κ1) is 22.1. The van der Waals surface area contributed by atoms with Crippen molar-refractivity contribution in [1.82, 2.24) is 10.3 Å². The summed E-state index contributed by atoms with van der Waals surface area (Å²) >= 11 is 7.02. The summed E-state index contributed by atoms with van der Waals surface area (Å²) in [5.74, 6) is 0.619. The van der Waals surface area contributed by atoms with Gasteiger partial charge in [-0.05, 0) is 55.3 Å². The van der Waals surface area contributed by atoms with Crippen LogP contribution in [0.4, 0.5) is 5.69 Å². The zero-order valence-corrected chi connectivity index (χ0v) is 18.3. The minimum Gasteiger partial charge on any atom is -0.497 e. The lowest BCUT2D eigenvalue weighted by Gasteiger charge is -2.06. The van der Waals surface area contributed by atoms with Crippen molar-refractivity contribution in [3.8, 4) is 16.3 Å². The Kier molecular flexibility index (Phi) is 8.04. The van der Waals surface area contributed by atoms with Gasteiger partial charge in [-0.2, -0.15) is 0 Å². The molecule has 8 heteroatoms. The number of anilines is 1. The van der Waals surface area contributed by atoms with Gasteiger partial charge in [-0.15, -0.1) is 22.9 Å². The van der Waals surface area contributed by atoms with E-state index < -0.39 is 0 Å². The number of benzene rings is 2. The highest BCUT2D eigenvalue weighted by atomic mass is 35.5. The summed E-state index contributed by atoms with van der Waals surface area (Å²) in [5, 5.41) is 6.56. The predicted molar refractivity (Wildman–Crippen MR) is 122 cm³/mol. The standard InChI is InChI=1S/C22H24ClN3O3S/c1-29-17-10-11-18-19(13-17)30-22(26-18)15-6-8-16(9-7-15)25-20(27)5-3-2-4-12-24-21(28)14-23/h6-11,13H,2-5,12,14H2,1H3,(H,24,28)(H,25,27). The van der Waals surface area contributed by atoms with Crippen LogP contribution in [0.25, 0.3) is 20.8 Å². The van der Waals surface area contributed by atoms with E-state index in [2.05, 4.69) is 15.6 Å². The molecule has 0 atom stereocenters. The van der Waals surface area contributed by atoms with E-state index in [9.17, 15) is 9.59 Å². The van der Waals surface area contributed by atoms with E-state index in [1.165, 1.54) is 0 Å². The largest absolute Gasteiger partial charge is 0.497 e. The molecule has 1 heterocycles. The number of halogens is 1. The maximum atomic E-state index is 12.1. The second-order valence-electron chi connectivity index (χ2n) is 6.77. The zero-order chi connectivity index (χ0) is 21.3. The van der Waals surface area contributed by atoms with E-state index in [0.717, 1.165) is 51.5 Å². The fraction of sp³-hybridized carbons (Fsp3) is 0.318. The first-order valence-electron chi connectivity index (χ1n) is 9.76. The minimum atomic E-state index is -0.163.